The third-order valence-electron chi connectivity index (χ3n) is 1.88. The summed E-state index contributed by atoms with van der Waals surface area (Å²) in [4.78, 5) is 3.12. The molecule has 0 amide bonds. The van der Waals surface area contributed by atoms with E-state index in [2.05, 4.69) is 10.3 Å². The van der Waals surface area contributed by atoms with E-state index >= 15 is 0 Å². The Hall–Kier alpha value is -1.30. The number of nitrogens with zero attached hydrogens (tertiary/aromatic N) is 1. The van der Waals surface area contributed by atoms with Crippen LogP contribution in [-0.2, 0) is 4.74 Å². The highest BCUT2D eigenvalue weighted by molar-refractivity contribution is 5.35. The number of rotatable bonds is 6. The van der Waals surface area contributed by atoms with Crippen molar-refractivity contribution in [3.63, 3.8) is 0 Å². The summed E-state index contributed by atoms with van der Waals surface area (Å²) in [6, 6.07) is 0.458. The summed E-state index contributed by atoms with van der Waals surface area (Å²) in [7, 11) is 0. The van der Waals surface area contributed by atoms with E-state index in [9.17, 15) is 13.2 Å². The molecule has 96 valence electrons. The Morgan fingerprint density at radius 3 is 2.65 bits per heavy atom. The maximum atomic E-state index is 13.1. The quantitative estimate of drug-likeness (QED) is 0.620. The van der Waals surface area contributed by atoms with E-state index in [4.69, 9.17) is 4.74 Å². The van der Waals surface area contributed by atoms with E-state index in [0.717, 1.165) is 0 Å². The summed E-state index contributed by atoms with van der Waals surface area (Å²) in [5.74, 6) is -3.45. The predicted molar refractivity (Wildman–Crippen MR) is 58.3 cm³/mol. The molecule has 0 spiro atoms. The topological polar surface area (TPSA) is 34.1 Å². The lowest BCUT2D eigenvalue weighted by Gasteiger charge is -2.09. The first-order valence-electron chi connectivity index (χ1n) is 5.34. The molecule has 0 aliphatic heterocycles. The molecule has 0 bridgehead atoms. The van der Waals surface area contributed by atoms with Gasteiger partial charge in [-0.3, -0.25) is 0 Å². The smallest absolute Gasteiger partial charge is 0.251 e. The summed E-state index contributed by atoms with van der Waals surface area (Å²) >= 11 is 0. The highest BCUT2D eigenvalue weighted by Crippen LogP contribution is 2.13. The molecule has 0 aliphatic rings. The van der Waals surface area contributed by atoms with Crippen LogP contribution >= 0.6 is 0 Å². The number of ether oxygens (including phenoxy) is 1. The van der Waals surface area contributed by atoms with Crippen molar-refractivity contribution in [3.05, 3.63) is 23.6 Å². The molecule has 0 saturated carbocycles. The first kappa shape index (κ1) is 13.8. The number of pyridine rings is 1. The molecule has 0 aliphatic carbocycles. The zero-order valence-electron chi connectivity index (χ0n) is 9.77. The SMILES string of the molecule is CC(C)COCCNc1nc(F)c(F)cc1F. The average Bonchev–Trinajstić information content (AvgIpc) is 2.24. The number of halogens is 3. The van der Waals surface area contributed by atoms with E-state index < -0.39 is 17.6 Å². The molecular weight excluding hydrogens is 233 g/mol. The molecule has 0 unspecified atom stereocenters. The number of hydrogen-bond acceptors (Lipinski definition) is 3. The fourth-order valence-corrected chi connectivity index (χ4v) is 1.13. The molecule has 0 aromatic carbocycles. The first-order valence-corrected chi connectivity index (χ1v) is 5.34. The Morgan fingerprint density at radius 1 is 1.29 bits per heavy atom. The molecule has 17 heavy (non-hydrogen) atoms. The van der Waals surface area contributed by atoms with E-state index in [1.807, 2.05) is 13.8 Å². The van der Waals surface area contributed by atoms with Crippen molar-refractivity contribution in [2.24, 2.45) is 5.92 Å². The Morgan fingerprint density at radius 2 is 2.00 bits per heavy atom. The highest BCUT2D eigenvalue weighted by atomic mass is 19.2. The molecule has 1 aromatic rings. The second-order valence-corrected chi connectivity index (χ2v) is 3.99. The van der Waals surface area contributed by atoms with Gasteiger partial charge in [0.15, 0.2) is 17.5 Å². The van der Waals surface area contributed by atoms with Gasteiger partial charge < -0.3 is 10.1 Å². The largest absolute Gasteiger partial charge is 0.379 e. The van der Waals surface area contributed by atoms with Crippen molar-refractivity contribution in [1.82, 2.24) is 4.98 Å². The summed E-state index contributed by atoms with van der Waals surface area (Å²) in [5, 5.41) is 2.54. The van der Waals surface area contributed by atoms with Crippen molar-refractivity contribution in [3.8, 4) is 0 Å². The van der Waals surface area contributed by atoms with Crippen molar-refractivity contribution in [2.45, 2.75) is 13.8 Å². The predicted octanol–water partition coefficient (Wildman–Crippen LogP) is 2.58. The highest BCUT2D eigenvalue weighted by Gasteiger charge is 2.10. The molecule has 1 rings (SSSR count). The molecule has 1 heterocycles. The minimum atomic E-state index is -1.32. The normalized spacial score (nSPS) is 10.9. The Kier molecular flexibility index (Phi) is 5.21. The van der Waals surface area contributed by atoms with Crippen LogP contribution in [0.3, 0.4) is 0 Å². The number of hydrogen-bond donors (Lipinski definition) is 1. The lowest BCUT2D eigenvalue weighted by Crippen LogP contribution is -2.14. The van der Waals surface area contributed by atoms with E-state index in [1.54, 1.807) is 0 Å². The minimum absolute atomic E-state index is 0.279. The van der Waals surface area contributed by atoms with Gasteiger partial charge in [0.2, 0.25) is 0 Å². The van der Waals surface area contributed by atoms with Crippen LogP contribution in [0.2, 0.25) is 0 Å². The number of anilines is 1. The van der Waals surface area contributed by atoms with Crippen LogP contribution < -0.4 is 5.32 Å². The molecule has 1 aromatic heterocycles. The molecule has 0 radical (unpaired) electrons. The van der Waals surface area contributed by atoms with Crippen LogP contribution in [0.4, 0.5) is 19.0 Å². The number of aromatic nitrogens is 1. The molecule has 3 nitrogen and oxygen atoms in total. The van der Waals surface area contributed by atoms with Crippen molar-refractivity contribution >= 4 is 5.82 Å². The second-order valence-electron chi connectivity index (χ2n) is 3.99. The second kappa shape index (κ2) is 6.44. The van der Waals surface area contributed by atoms with Gasteiger partial charge in [0, 0.05) is 19.2 Å². The first-order chi connectivity index (χ1) is 8.00. The van der Waals surface area contributed by atoms with Crippen molar-refractivity contribution < 1.29 is 17.9 Å². The minimum Gasteiger partial charge on any atom is -0.379 e. The van der Waals surface area contributed by atoms with E-state index in [0.29, 0.717) is 25.2 Å². The van der Waals surface area contributed by atoms with Crippen LogP contribution in [-0.4, -0.2) is 24.7 Å². The summed E-state index contributed by atoms with van der Waals surface area (Å²) in [6.45, 7) is 5.23. The fraction of sp³-hybridized carbons (Fsp3) is 0.545. The summed E-state index contributed by atoms with van der Waals surface area (Å²) in [5.41, 5.74) is 0. The van der Waals surface area contributed by atoms with Gasteiger partial charge in [-0.25, -0.2) is 8.78 Å². The third-order valence-corrected chi connectivity index (χ3v) is 1.88. The summed E-state index contributed by atoms with van der Waals surface area (Å²) in [6.07, 6.45) is 0. The van der Waals surface area contributed by atoms with Gasteiger partial charge in [-0.1, -0.05) is 13.8 Å². The van der Waals surface area contributed by atoms with Crippen LogP contribution in [0.25, 0.3) is 0 Å². The van der Waals surface area contributed by atoms with Crippen LogP contribution in [0.1, 0.15) is 13.8 Å². The maximum absolute atomic E-state index is 13.1. The lowest BCUT2D eigenvalue weighted by molar-refractivity contribution is 0.118. The third kappa shape index (κ3) is 4.60. The zero-order chi connectivity index (χ0) is 12.8. The lowest BCUT2D eigenvalue weighted by atomic mass is 10.2. The van der Waals surface area contributed by atoms with Crippen molar-refractivity contribution in [1.29, 1.82) is 0 Å². The Balaban J connectivity index is 2.39. The monoisotopic (exact) mass is 248 g/mol. The number of nitrogens with one attached hydrogen (secondary N) is 1. The maximum Gasteiger partial charge on any atom is 0.251 e. The Labute approximate surface area is 98.0 Å². The van der Waals surface area contributed by atoms with Gasteiger partial charge in [-0.05, 0) is 5.92 Å². The molecule has 1 N–H and O–H groups in total. The fourth-order valence-electron chi connectivity index (χ4n) is 1.13. The van der Waals surface area contributed by atoms with Crippen LogP contribution in [0, 0.1) is 23.5 Å². The average molecular weight is 248 g/mol. The van der Waals surface area contributed by atoms with Gasteiger partial charge in [0.25, 0.3) is 5.95 Å². The van der Waals surface area contributed by atoms with Gasteiger partial charge in [-0.2, -0.15) is 9.37 Å². The van der Waals surface area contributed by atoms with Crippen LogP contribution in [0.5, 0.6) is 0 Å². The molecule has 0 atom stereocenters. The van der Waals surface area contributed by atoms with E-state index in [-0.39, 0.29) is 12.4 Å². The molecule has 0 saturated heterocycles. The van der Waals surface area contributed by atoms with Gasteiger partial charge in [0.1, 0.15) is 0 Å². The van der Waals surface area contributed by atoms with Crippen molar-refractivity contribution in [2.75, 3.05) is 25.1 Å². The molecule has 6 heteroatoms. The van der Waals surface area contributed by atoms with E-state index in [1.165, 1.54) is 0 Å². The van der Waals surface area contributed by atoms with Gasteiger partial charge >= 0.3 is 0 Å². The molecule has 0 fully saturated rings. The Bertz CT molecular complexity index is 372. The summed E-state index contributed by atoms with van der Waals surface area (Å²) < 4.78 is 43.6. The van der Waals surface area contributed by atoms with Crippen LogP contribution in [0.15, 0.2) is 6.07 Å². The molecular formula is C11H15F3N2O. The van der Waals surface area contributed by atoms with Gasteiger partial charge in [0.05, 0.1) is 6.61 Å². The standard InChI is InChI=1S/C11H15F3N2O/c1-7(2)6-17-4-3-15-11-9(13)5-8(12)10(14)16-11/h5,7H,3-4,6H2,1-2H3,(H,15,16). The van der Waals surface area contributed by atoms with Gasteiger partial charge in [-0.15, -0.1) is 0 Å². The zero-order valence-corrected chi connectivity index (χ0v) is 9.77.